The standard InChI is InChI=1S/C19H18N5/c1-14-12-17(15-8-4-2-5-9-15)13-18(16-10-6-3-7-11-16)24(14)19-20-22-23-21-19/h2-13,22-23H,1H3,(H,20,21)/q+1. The minimum Gasteiger partial charge on any atom is -0.196 e. The smallest absolute Gasteiger partial charge is 0.196 e. The lowest BCUT2D eigenvalue weighted by Gasteiger charge is -2.13. The van der Waals surface area contributed by atoms with Crippen LogP contribution in [0.2, 0.25) is 0 Å². The number of hydrazine groups is 2. The maximum Gasteiger partial charge on any atom is 0.437 e. The summed E-state index contributed by atoms with van der Waals surface area (Å²) in [5.41, 5.74) is 14.2. The van der Waals surface area contributed by atoms with Gasteiger partial charge in [-0.15, -0.1) is 5.53 Å². The third kappa shape index (κ3) is 2.61. The van der Waals surface area contributed by atoms with E-state index in [0.29, 0.717) is 5.96 Å². The minimum absolute atomic E-state index is 0.714. The van der Waals surface area contributed by atoms with Crippen LogP contribution in [0.3, 0.4) is 0 Å². The number of aryl methyl sites for hydroxylation is 1. The lowest BCUT2D eigenvalue weighted by Crippen LogP contribution is -2.55. The number of hydrogen-bond acceptors (Lipinski definition) is 4. The van der Waals surface area contributed by atoms with Crippen LogP contribution in [0, 0.1) is 6.92 Å². The summed E-state index contributed by atoms with van der Waals surface area (Å²) in [6.45, 7) is 2.08. The Hall–Kier alpha value is -3.18. The molecule has 24 heavy (non-hydrogen) atoms. The zero-order valence-electron chi connectivity index (χ0n) is 13.3. The van der Waals surface area contributed by atoms with E-state index in [2.05, 4.69) is 81.6 Å². The van der Waals surface area contributed by atoms with E-state index in [1.807, 2.05) is 24.3 Å². The van der Waals surface area contributed by atoms with Crippen LogP contribution in [-0.4, -0.2) is 5.96 Å². The molecule has 3 N–H and O–H groups in total. The Labute approximate surface area is 140 Å². The molecule has 2 heterocycles. The number of rotatable bonds is 2. The molecule has 1 aromatic heterocycles. The number of nitrogens with zero attached hydrogens (tertiary/aromatic N) is 2. The van der Waals surface area contributed by atoms with Crippen LogP contribution in [0.5, 0.6) is 0 Å². The fourth-order valence-corrected chi connectivity index (χ4v) is 2.93. The predicted molar refractivity (Wildman–Crippen MR) is 94.5 cm³/mol. The van der Waals surface area contributed by atoms with Crippen LogP contribution in [0.15, 0.2) is 77.9 Å². The second-order valence-corrected chi connectivity index (χ2v) is 5.64. The molecule has 1 aliphatic heterocycles. The third-order valence-electron chi connectivity index (χ3n) is 4.03. The summed E-state index contributed by atoms with van der Waals surface area (Å²) in [6, 6.07) is 25.1. The fraction of sp³-hybridized carbons (Fsp3) is 0.0526. The van der Waals surface area contributed by atoms with Crippen molar-refractivity contribution in [2.45, 2.75) is 6.92 Å². The molecule has 0 spiro atoms. The number of aromatic nitrogens is 1. The van der Waals surface area contributed by atoms with Crippen molar-refractivity contribution in [3.05, 3.63) is 78.5 Å². The molecular weight excluding hydrogens is 298 g/mol. The van der Waals surface area contributed by atoms with Crippen LogP contribution in [0.1, 0.15) is 5.69 Å². The number of pyridine rings is 1. The fourth-order valence-electron chi connectivity index (χ4n) is 2.93. The first-order valence-electron chi connectivity index (χ1n) is 7.84. The molecule has 0 aliphatic carbocycles. The highest BCUT2D eigenvalue weighted by molar-refractivity contribution is 5.76. The highest BCUT2D eigenvalue weighted by Crippen LogP contribution is 2.24. The predicted octanol–water partition coefficient (Wildman–Crippen LogP) is 2.35. The maximum atomic E-state index is 4.26. The normalized spacial score (nSPS) is 13.1. The van der Waals surface area contributed by atoms with Gasteiger partial charge >= 0.3 is 5.96 Å². The van der Waals surface area contributed by atoms with Gasteiger partial charge < -0.3 is 0 Å². The summed E-state index contributed by atoms with van der Waals surface area (Å²) in [7, 11) is 0. The summed E-state index contributed by atoms with van der Waals surface area (Å²) >= 11 is 0. The average molecular weight is 316 g/mol. The molecule has 0 atom stereocenters. The maximum absolute atomic E-state index is 4.26. The van der Waals surface area contributed by atoms with E-state index >= 15 is 0 Å². The molecule has 0 unspecified atom stereocenters. The molecular formula is C19H18N5+. The average Bonchev–Trinajstić information content (AvgIpc) is 3.16. The molecule has 0 bridgehead atoms. The van der Waals surface area contributed by atoms with Gasteiger partial charge in [-0.1, -0.05) is 66.2 Å². The number of hydrogen-bond donors (Lipinski definition) is 3. The van der Waals surface area contributed by atoms with Gasteiger partial charge in [-0.3, -0.25) is 0 Å². The topological polar surface area (TPSA) is 52.3 Å². The Bertz CT molecular complexity index is 888. The molecule has 2 aromatic carbocycles. The van der Waals surface area contributed by atoms with Crippen LogP contribution in [0.25, 0.3) is 22.4 Å². The Morgan fingerprint density at radius 3 is 2.08 bits per heavy atom. The largest absolute Gasteiger partial charge is 0.437 e. The van der Waals surface area contributed by atoms with Crippen molar-refractivity contribution >= 4 is 5.96 Å². The molecule has 0 saturated carbocycles. The van der Waals surface area contributed by atoms with Crippen molar-refractivity contribution in [2.24, 2.45) is 5.10 Å². The van der Waals surface area contributed by atoms with Crippen molar-refractivity contribution in [3.63, 3.8) is 0 Å². The summed E-state index contributed by atoms with van der Waals surface area (Å²) < 4.78 is 2.09. The van der Waals surface area contributed by atoms with Crippen LogP contribution in [0.4, 0.5) is 0 Å². The number of hydrazone groups is 1. The van der Waals surface area contributed by atoms with Gasteiger partial charge in [-0.05, 0) is 30.2 Å². The van der Waals surface area contributed by atoms with Gasteiger partial charge in [0.2, 0.25) is 0 Å². The van der Waals surface area contributed by atoms with Crippen molar-refractivity contribution < 1.29 is 4.57 Å². The number of benzene rings is 2. The Kier molecular flexibility index (Phi) is 3.69. The molecule has 0 saturated heterocycles. The quantitative estimate of drug-likeness (QED) is 0.636. The third-order valence-corrected chi connectivity index (χ3v) is 4.03. The lowest BCUT2D eigenvalue weighted by atomic mass is 10.0. The first kappa shape index (κ1) is 14.4. The second-order valence-electron chi connectivity index (χ2n) is 5.64. The Balaban J connectivity index is 1.94. The van der Waals surface area contributed by atoms with Gasteiger partial charge in [0.1, 0.15) is 5.69 Å². The van der Waals surface area contributed by atoms with Crippen molar-refractivity contribution in [2.75, 3.05) is 0 Å². The summed E-state index contributed by atoms with van der Waals surface area (Å²) in [5, 5.41) is 4.26. The molecule has 1 aliphatic rings. The second kappa shape index (κ2) is 6.14. The lowest BCUT2D eigenvalue weighted by molar-refractivity contribution is -0.554. The van der Waals surface area contributed by atoms with Gasteiger partial charge in [-0.25, -0.2) is 0 Å². The summed E-state index contributed by atoms with van der Waals surface area (Å²) in [4.78, 5) is 0. The highest BCUT2D eigenvalue weighted by Gasteiger charge is 2.24. The van der Waals surface area contributed by atoms with Crippen LogP contribution >= 0.6 is 0 Å². The van der Waals surface area contributed by atoms with Gasteiger partial charge in [0.25, 0.3) is 0 Å². The van der Waals surface area contributed by atoms with Crippen molar-refractivity contribution in [1.82, 2.24) is 16.5 Å². The van der Waals surface area contributed by atoms with E-state index in [9.17, 15) is 0 Å². The molecule has 118 valence electrons. The highest BCUT2D eigenvalue weighted by atomic mass is 15.8. The molecule has 5 nitrogen and oxygen atoms in total. The summed E-state index contributed by atoms with van der Waals surface area (Å²) in [6.07, 6.45) is 0. The van der Waals surface area contributed by atoms with E-state index in [1.165, 1.54) is 11.1 Å². The monoisotopic (exact) mass is 316 g/mol. The van der Waals surface area contributed by atoms with Crippen LogP contribution < -0.4 is 21.1 Å². The molecule has 5 heteroatoms. The van der Waals surface area contributed by atoms with Gasteiger partial charge in [0.05, 0.1) is 5.69 Å². The Morgan fingerprint density at radius 1 is 0.792 bits per heavy atom. The zero-order valence-corrected chi connectivity index (χ0v) is 13.3. The van der Waals surface area contributed by atoms with E-state index < -0.39 is 0 Å². The summed E-state index contributed by atoms with van der Waals surface area (Å²) in [5.74, 6) is 0.714. The van der Waals surface area contributed by atoms with Gasteiger partial charge in [-0.2, -0.15) is 9.99 Å². The van der Waals surface area contributed by atoms with E-state index in [4.69, 9.17) is 0 Å². The van der Waals surface area contributed by atoms with Gasteiger partial charge in [0, 0.05) is 10.7 Å². The first-order chi connectivity index (χ1) is 11.8. The van der Waals surface area contributed by atoms with Crippen LogP contribution in [-0.2, 0) is 0 Å². The first-order valence-corrected chi connectivity index (χ1v) is 7.84. The molecule has 4 rings (SSSR count). The number of nitrogens with one attached hydrogen (secondary N) is 3. The SMILES string of the molecule is Cc1cc(-c2ccccc2)cc(-c2ccccc2)[n+]1C1=NNNN1. The molecule has 0 amide bonds. The zero-order chi connectivity index (χ0) is 16.4. The van der Waals surface area contributed by atoms with Gasteiger partial charge in [0.15, 0.2) is 0 Å². The van der Waals surface area contributed by atoms with Crippen molar-refractivity contribution in [3.8, 4) is 22.4 Å². The van der Waals surface area contributed by atoms with E-state index in [0.717, 1.165) is 17.0 Å². The molecule has 0 radical (unpaired) electrons. The van der Waals surface area contributed by atoms with E-state index in [-0.39, 0.29) is 0 Å². The minimum atomic E-state index is 0.714. The van der Waals surface area contributed by atoms with E-state index in [1.54, 1.807) is 0 Å². The van der Waals surface area contributed by atoms with Crippen molar-refractivity contribution in [1.29, 1.82) is 0 Å². The Morgan fingerprint density at radius 2 is 1.46 bits per heavy atom. The molecule has 0 fully saturated rings. The molecule has 3 aromatic rings.